The van der Waals surface area contributed by atoms with Crippen molar-refractivity contribution in [2.75, 3.05) is 45.2 Å². The van der Waals surface area contributed by atoms with Crippen LogP contribution >= 0.6 is 0 Å². The molecule has 8 heteroatoms. The number of likely N-dealkylation sites (N-methyl/N-ethyl adjacent to an activating group) is 1. The van der Waals surface area contributed by atoms with Crippen molar-refractivity contribution in [2.24, 2.45) is 0 Å². The summed E-state index contributed by atoms with van der Waals surface area (Å²) in [7, 11) is 3.50. The third-order valence-corrected chi connectivity index (χ3v) is 5.61. The van der Waals surface area contributed by atoms with E-state index >= 15 is 4.39 Å². The molecule has 0 radical (unpaired) electrons. The summed E-state index contributed by atoms with van der Waals surface area (Å²) in [6.07, 6.45) is 4.05. The van der Waals surface area contributed by atoms with Crippen LogP contribution in [0.5, 0.6) is 5.75 Å². The molecule has 1 aromatic heterocycles. The van der Waals surface area contributed by atoms with Gasteiger partial charge >= 0.3 is 5.97 Å². The molecule has 2 fully saturated rings. The molecule has 2 aromatic rings. The van der Waals surface area contributed by atoms with Crippen LogP contribution in [0.25, 0.3) is 10.9 Å². The molecule has 0 atom stereocenters. The number of hydrogen-bond acceptors (Lipinski definition) is 5. The molecule has 1 N–H and O–H groups in total. The summed E-state index contributed by atoms with van der Waals surface area (Å²) in [6.45, 7) is 3.07. The van der Waals surface area contributed by atoms with Crippen LogP contribution < -0.4 is 15.1 Å². The maximum atomic E-state index is 15.2. The molecule has 2 aliphatic rings. The van der Waals surface area contributed by atoms with E-state index in [2.05, 4.69) is 4.90 Å². The van der Waals surface area contributed by atoms with Gasteiger partial charge in [0.05, 0.1) is 18.0 Å². The second kappa shape index (κ2) is 7.09. The summed E-state index contributed by atoms with van der Waals surface area (Å²) < 4.78 is 22.6. The molecular formula is C20H24FN3O4. The van der Waals surface area contributed by atoms with E-state index < -0.39 is 17.2 Å². The Kier molecular flexibility index (Phi) is 4.74. The van der Waals surface area contributed by atoms with Crippen molar-refractivity contribution in [2.45, 2.75) is 25.3 Å². The van der Waals surface area contributed by atoms with Crippen LogP contribution in [0.1, 0.15) is 35.7 Å². The maximum Gasteiger partial charge on any atom is 0.341 e. The van der Waals surface area contributed by atoms with E-state index in [0.717, 1.165) is 32.4 Å². The second-order valence-corrected chi connectivity index (χ2v) is 7.60. The van der Waals surface area contributed by atoms with Crippen LogP contribution in [0.3, 0.4) is 0 Å². The van der Waals surface area contributed by atoms with E-state index in [1.54, 1.807) is 4.57 Å². The number of hydrogen-bond donors (Lipinski definition) is 1. The van der Waals surface area contributed by atoms with Gasteiger partial charge in [-0.2, -0.15) is 0 Å². The van der Waals surface area contributed by atoms with Crippen molar-refractivity contribution in [3.63, 3.8) is 0 Å². The van der Waals surface area contributed by atoms with Gasteiger partial charge in [0.2, 0.25) is 5.43 Å². The van der Waals surface area contributed by atoms with E-state index in [1.807, 2.05) is 11.9 Å². The minimum atomic E-state index is -1.31. The molecule has 7 nitrogen and oxygen atoms in total. The SMILES string of the molecule is COc1c(N2CCCN(C)CC2)c(F)cc2c(=O)c(C(=O)O)cn(C3CC3)c12. The van der Waals surface area contributed by atoms with E-state index in [-0.39, 0.29) is 17.0 Å². The summed E-state index contributed by atoms with van der Waals surface area (Å²) >= 11 is 0. The Balaban J connectivity index is 1.99. The quantitative estimate of drug-likeness (QED) is 0.865. The number of ether oxygens (including phenoxy) is 1. The zero-order chi connectivity index (χ0) is 20.0. The fraction of sp³-hybridized carbons (Fsp3) is 0.500. The van der Waals surface area contributed by atoms with E-state index in [1.165, 1.54) is 19.4 Å². The number of fused-ring (bicyclic) bond motifs is 1. The summed E-state index contributed by atoms with van der Waals surface area (Å²) in [6, 6.07) is 1.28. The lowest BCUT2D eigenvalue weighted by Gasteiger charge is -2.27. The molecule has 150 valence electrons. The second-order valence-electron chi connectivity index (χ2n) is 7.60. The highest BCUT2D eigenvalue weighted by atomic mass is 19.1. The Labute approximate surface area is 161 Å². The van der Waals surface area contributed by atoms with Gasteiger partial charge in [-0.15, -0.1) is 0 Å². The van der Waals surface area contributed by atoms with Gasteiger partial charge in [-0.25, -0.2) is 9.18 Å². The number of aromatic carboxylic acids is 1. The first kappa shape index (κ1) is 18.7. The summed E-state index contributed by atoms with van der Waals surface area (Å²) in [5.74, 6) is -1.56. The minimum absolute atomic E-state index is 0.0526. The number of anilines is 1. The number of carboxylic acids is 1. The topological polar surface area (TPSA) is 75.0 Å². The predicted octanol–water partition coefficient (Wildman–Crippen LogP) is 2.32. The van der Waals surface area contributed by atoms with Gasteiger partial charge in [0.25, 0.3) is 0 Å². The van der Waals surface area contributed by atoms with Crippen LogP contribution in [-0.2, 0) is 0 Å². The average molecular weight is 389 g/mol. The fourth-order valence-electron chi connectivity index (χ4n) is 3.99. The summed E-state index contributed by atoms with van der Waals surface area (Å²) in [4.78, 5) is 28.4. The van der Waals surface area contributed by atoms with Gasteiger partial charge in [0.1, 0.15) is 11.3 Å². The van der Waals surface area contributed by atoms with Crippen molar-refractivity contribution in [1.82, 2.24) is 9.47 Å². The summed E-state index contributed by atoms with van der Waals surface area (Å²) in [5, 5.41) is 9.46. The highest BCUT2D eigenvalue weighted by Gasteiger charge is 2.31. The molecule has 4 rings (SSSR count). The van der Waals surface area contributed by atoms with E-state index in [4.69, 9.17) is 4.74 Å². The lowest BCUT2D eigenvalue weighted by molar-refractivity contribution is 0.0695. The van der Waals surface area contributed by atoms with Crippen LogP contribution in [0.15, 0.2) is 17.1 Å². The molecule has 0 bridgehead atoms. The third-order valence-electron chi connectivity index (χ3n) is 5.61. The van der Waals surface area contributed by atoms with Crippen molar-refractivity contribution in [3.8, 4) is 5.75 Å². The molecule has 1 saturated carbocycles. The number of carboxylic acid groups (broad SMARTS) is 1. The molecule has 1 aliphatic carbocycles. The zero-order valence-corrected chi connectivity index (χ0v) is 16.1. The number of carbonyl (C=O) groups is 1. The Bertz CT molecular complexity index is 999. The molecule has 0 spiro atoms. The van der Waals surface area contributed by atoms with Crippen molar-refractivity contribution < 1.29 is 19.0 Å². The highest BCUT2D eigenvalue weighted by Crippen LogP contribution is 2.43. The average Bonchev–Trinajstić information content (AvgIpc) is 3.50. The first-order chi connectivity index (χ1) is 13.4. The third kappa shape index (κ3) is 3.11. The van der Waals surface area contributed by atoms with Crippen LogP contribution in [0, 0.1) is 5.82 Å². The Morgan fingerprint density at radius 3 is 2.64 bits per heavy atom. The Morgan fingerprint density at radius 2 is 2.00 bits per heavy atom. The molecule has 28 heavy (non-hydrogen) atoms. The van der Waals surface area contributed by atoms with Gasteiger partial charge in [0.15, 0.2) is 11.6 Å². The first-order valence-corrected chi connectivity index (χ1v) is 9.54. The number of nitrogens with zero attached hydrogens (tertiary/aromatic N) is 3. The number of halogens is 1. The lowest BCUT2D eigenvalue weighted by atomic mass is 10.1. The number of aromatic nitrogens is 1. The minimum Gasteiger partial charge on any atom is -0.492 e. The van der Waals surface area contributed by atoms with Crippen LogP contribution in [0.2, 0.25) is 0 Å². The fourth-order valence-corrected chi connectivity index (χ4v) is 3.99. The van der Waals surface area contributed by atoms with Crippen molar-refractivity contribution in [3.05, 3.63) is 33.9 Å². The molecule has 0 amide bonds. The largest absolute Gasteiger partial charge is 0.492 e. The predicted molar refractivity (Wildman–Crippen MR) is 104 cm³/mol. The smallest absolute Gasteiger partial charge is 0.341 e. The Morgan fingerprint density at radius 1 is 1.25 bits per heavy atom. The van der Waals surface area contributed by atoms with Crippen molar-refractivity contribution in [1.29, 1.82) is 0 Å². The number of rotatable bonds is 4. The molecule has 1 aromatic carbocycles. The van der Waals surface area contributed by atoms with E-state index in [9.17, 15) is 14.7 Å². The van der Waals surface area contributed by atoms with Gasteiger partial charge in [-0.05, 0) is 38.9 Å². The number of pyridine rings is 1. The van der Waals surface area contributed by atoms with Gasteiger partial charge in [0, 0.05) is 31.9 Å². The van der Waals surface area contributed by atoms with Crippen LogP contribution in [0.4, 0.5) is 10.1 Å². The molecular weight excluding hydrogens is 365 g/mol. The lowest BCUT2D eigenvalue weighted by Crippen LogP contribution is -2.30. The summed E-state index contributed by atoms with van der Waals surface area (Å²) in [5.41, 5.74) is -0.195. The van der Waals surface area contributed by atoms with Gasteiger partial charge < -0.3 is 24.2 Å². The van der Waals surface area contributed by atoms with E-state index in [0.29, 0.717) is 30.0 Å². The van der Waals surface area contributed by atoms with Crippen molar-refractivity contribution >= 4 is 22.6 Å². The Hall–Kier alpha value is -2.61. The standard InChI is InChI=1S/C20H24FN3O4/c1-22-6-3-7-23(9-8-22)17-15(21)10-13-16(19(17)28-2)24(12-4-5-12)11-14(18(13)25)20(26)27/h10-12H,3-9H2,1-2H3,(H,26,27). The molecule has 2 heterocycles. The first-order valence-electron chi connectivity index (χ1n) is 9.54. The van der Waals surface area contributed by atoms with Gasteiger partial charge in [-0.3, -0.25) is 4.79 Å². The molecule has 1 saturated heterocycles. The van der Waals surface area contributed by atoms with Crippen LogP contribution in [-0.4, -0.2) is 60.9 Å². The molecule has 1 aliphatic heterocycles. The number of benzene rings is 1. The number of methoxy groups -OCH3 is 1. The zero-order valence-electron chi connectivity index (χ0n) is 16.1. The highest BCUT2D eigenvalue weighted by molar-refractivity contribution is 5.97. The van der Waals surface area contributed by atoms with Gasteiger partial charge in [-0.1, -0.05) is 0 Å². The maximum absolute atomic E-state index is 15.2. The normalized spacial score (nSPS) is 18.3. The molecule has 0 unspecified atom stereocenters. The monoisotopic (exact) mass is 389 g/mol.